The molecule has 0 bridgehead atoms. The fourth-order valence-electron chi connectivity index (χ4n) is 5.20. The Kier molecular flexibility index (Phi) is 8.06. The summed E-state index contributed by atoms with van der Waals surface area (Å²) in [5.41, 5.74) is 1.35. The van der Waals surface area contributed by atoms with Crippen LogP contribution >= 0.6 is 0 Å². The van der Waals surface area contributed by atoms with E-state index in [1.54, 1.807) is 34.3 Å². The standard InChI is InChI=1S/C32H35FN6O3/c1-20-8-6-9-22-14-16-34-28(27(20)22)39(24-10-7-17-38(19-24)31(41)42-32(3,4)5)29(40)25-12-11-23(18-26(25)33)37-30-35-15-13-21(2)36-30/h6,8-9,11-16,18,24H,7,10,17,19H2,1-5H3,(H,35,36,37)/t24-/m1/s1. The van der Waals surface area contributed by atoms with E-state index >= 15 is 4.39 Å². The Morgan fingerprint density at radius 1 is 1.07 bits per heavy atom. The van der Waals surface area contributed by atoms with Crippen LogP contribution in [0.3, 0.4) is 0 Å². The lowest BCUT2D eigenvalue weighted by atomic mass is 10.00. The molecule has 4 aromatic rings. The van der Waals surface area contributed by atoms with E-state index in [4.69, 9.17) is 4.74 Å². The molecule has 218 valence electrons. The van der Waals surface area contributed by atoms with Gasteiger partial charge in [-0.1, -0.05) is 18.2 Å². The number of ether oxygens (including phenoxy) is 1. The number of carbonyl (C=O) groups excluding carboxylic acids is 2. The van der Waals surface area contributed by atoms with Crippen molar-refractivity contribution in [1.82, 2.24) is 19.9 Å². The molecule has 0 unspecified atom stereocenters. The third kappa shape index (κ3) is 6.32. The van der Waals surface area contributed by atoms with Crippen molar-refractivity contribution in [2.24, 2.45) is 0 Å². The van der Waals surface area contributed by atoms with Crippen LogP contribution in [0.15, 0.2) is 60.9 Å². The summed E-state index contributed by atoms with van der Waals surface area (Å²) in [7, 11) is 0. The van der Waals surface area contributed by atoms with Gasteiger partial charge in [-0.15, -0.1) is 0 Å². The number of piperidine rings is 1. The summed E-state index contributed by atoms with van der Waals surface area (Å²) >= 11 is 0. The number of benzene rings is 2. The Labute approximate surface area is 244 Å². The molecule has 10 heteroatoms. The van der Waals surface area contributed by atoms with Gasteiger partial charge in [0.05, 0.1) is 11.6 Å². The SMILES string of the molecule is Cc1ccnc(Nc2ccc(C(=O)N(c3nccc4cccc(C)c34)[C@@H]3CCCN(C(=O)OC(C)(C)C)C3)c(F)c2)n1. The molecule has 3 heterocycles. The van der Waals surface area contributed by atoms with Crippen molar-refractivity contribution < 1.29 is 18.7 Å². The molecule has 2 aromatic heterocycles. The highest BCUT2D eigenvalue weighted by Gasteiger charge is 2.36. The minimum absolute atomic E-state index is 0.104. The van der Waals surface area contributed by atoms with E-state index in [1.165, 1.54) is 12.1 Å². The molecule has 0 aliphatic carbocycles. The van der Waals surface area contributed by atoms with E-state index in [-0.39, 0.29) is 12.1 Å². The number of aromatic nitrogens is 3. The lowest BCUT2D eigenvalue weighted by molar-refractivity contribution is 0.0196. The van der Waals surface area contributed by atoms with Crippen LogP contribution in [0.4, 0.5) is 26.6 Å². The third-order valence-electron chi connectivity index (χ3n) is 7.09. The Morgan fingerprint density at radius 3 is 2.60 bits per heavy atom. The first kappa shape index (κ1) is 28.9. The van der Waals surface area contributed by atoms with Crippen molar-refractivity contribution in [1.29, 1.82) is 0 Å². The lowest BCUT2D eigenvalue weighted by Gasteiger charge is -2.39. The van der Waals surface area contributed by atoms with E-state index in [0.29, 0.717) is 36.8 Å². The van der Waals surface area contributed by atoms with E-state index < -0.39 is 29.5 Å². The van der Waals surface area contributed by atoms with E-state index in [9.17, 15) is 9.59 Å². The summed E-state index contributed by atoms with van der Waals surface area (Å²) in [6.45, 7) is 9.98. The van der Waals surface area contributed by atoms with Crippen LogP contribution in [0.5, 0.6) is 0 Å². The van der Waals surface area contributed by atoms with Gasteiger partial charge in [-0.3, -0.25) is 9.69 Å². The van der Waals surface area contributed by atoms with Crippen molar-refractivity contribution >= 4 is 40.2 Å². The fraction of sp³-hybridized carbons (Fsp3) is 0.344. The molecule has 1 atom stereocenters. The second kappa shape index (κ2) is 11.7. The molecule has 9 nitrogen and oxygen atoms in total. The normalized spacial score (nSPS) is 15.4. The number of halogens is 1. The first-order valence-electron chi connectivity index (χ1n) is 14.0. The summed E-state index contributed by atoms with van der Waals surface area (Å²) in [6, 6.07) is 13.4. The zero-order valence-electron chi connectivity index (χ0n) is 24.5. The molecule has 0 saturated carbocycles. The number of carbonyl (C=O) groups is 2. The van der Waals surface area contributed by atoms with Crippen LogP contribution < -0.4 is 10.2 Å². The van der Waals surface area contributed by atoms with E-state index in [2.05, 4.69) is 20.3 Å². The molecule has 1 fully saturated rings. The predicted octanol–water partition coefficient (Wildman–Crippen LogP) is 6.57. The number of nitrogens with zero attached hydrogens (tertiary/aromatic N) is 5. The maximum Gasteiger partial charge on any atom is 0.410 e. The Morgan fingerprint density at radius 2 is 1.86 bits per heavy atom. The molecular weight excluding hydrogens is 535 g/mol. The molecule has 1 aliphatic heterocycles. The summed E-state index contributed by atoms with van der Waals surface area (Å²) in [4.78, 5) is 43.6. The quantitative estimate of drug-likeness (QED) is 0.290. The van der Waals surface area contributed by atoms with Gasteiger partial charge in [-0.25, -0.2) is 24.1 Å². The molecule has 1 N–H and O–H groups in total. The maximum absolute atomic E-state index is 15.7. The number of aryl methyl sites for hydroxylation is 2. The van der Waals surface area contributed by atoms with Gasteiger partial charge in [0.15, 0.2) is 0 Å². The van der Waals surface area contributed by atoms with Crippen LogP contribution in [-0.2, 0) is 4.74 Å². The topological polar surface area (TPSA) is 101 Å². The molecule has 1 aliphatic rings. The number of likely N-dealkylation sites (tertiary alicyclic amines) is 1. The molecule has 2 amide bonds. The number of hydrogen-bond acceptors (Lipinski definition) is 7. The number of rotatable bonds is 5. The second-order valence-corrected chi connectivity index (χ2v) is 11.5. The molecule has 42 heavy (non-hydrogen) atoms. The van der Waals surface area contributed by atoms with Gasteiger partial charge in [0.1, 0.15) is 17.2 Å². The van der Waals surface area contributed by atoms with Crippen LogP contribution in [0.2, 0.25) is 0 Å². The summed E-state index contributed by atoms with van der Waals surface area (Å²) in [5.74, 6) is -0.471. The molecule has 2 aromatic carbocycles. The molecule has 5 rings (SSSR count). The number of hydrogen-bond donors (Lipinski definition) is 1. The fourth-order valence-corrected chi connectivity index (χ4v) is 5.20. The Hall–Kier alpha value is -4.60. The van der Waals surface area contributed by atoms with Crippen LogP contribution in [0.25, 0.3) is 10.8 Å². The number of pyridine rings is 1. The van der Waals surface area contributed by atoms with Crippen molar-refractivity contribution in [2.75, 3.05) is 23.3 Å². The zero-order valence-corrected chi connectivity index (χ0v) is 24.5. The summed E-state index contributed by atoms with van der Waals surface area (Å²) < 4.78 is 21.3. The number of fused-ring (bicyclic) bond motifs is 1. The van der Waals surface area contributed by atoms with Crippen LogP contribution in [0.1, 0.15) is 55.2 Å². The summed E-state index contributed by atoms with van der Waals surface area (Å²) in [6.07, 6.45) is 4.08. The van der Waals surface area contributed by atoms with Crippen molar-refractivity contribution in [2.45, 2.75) is 59.1 Å². The van der Waals surface area contributed by atoms with Gasteiger partial charge in [0, 0.05) is 42.3 Å². The minimum atomic E-state index is -0.695. The van der Waals surface area contributed by atoms with Crippen LogP contribution in [-0.4, -0.2) is 56.6 Å². The highest BCUT2D eigenvalue weighted by molar-refractivity contribution is 6.11. The van der Waals surface area contributed by atoms with Gasteiger partial charge < -0.3 is 15.0 Å². The number of amides is 2. The first-order chi connectivity index (χ1) is 20.0. The molecular formula is C32H35FN6O3. The lowest BCUT2D eigenvalue weighted by Crippen LogP contribution is -2.53. The number of nitrogens with one attached hydrogen (secondary N) is 1. The smallest absolute Gasteiger partial charge is 0.410 e. The van der Waals surface area contributed by atoms with Gasteiger partial charge >= 0.3 is 6.09 Å². The van der Waals surface area contributed by atoms with Gasteiger partial charge in [0.25, 0.3) is 5.91 Å². The highest BCUT2D eigenvalue weighted by atomic mass is 19.1. The Balaban J connectivity index is 1.53. The first-order valence-corrected chi connectivity index (χ1v) is 14.0. The highest BCUT2D eigenvalue weighted by Crippen LogP contribution is 2.33. The largest absolute Gasteiger partial charge is 0.444 e. The average molecular weight is 571 g/mol. The molecule has 0 radical (unpaired) electrons. The maximum atomic E-state index is 15.7. The second-order valence-electron chi connectivity index (χ2n) is 11.5. The van der Waals surface area contributed by atoms with E-state index in [0.717, 1.165) is 22.0 Å². The van der Waals surface area contributed by atoms with Gasteiger partial charge in [-0.05, 0) is 88.7 Å². The van der Waals surface area contributed by atoms with Gasteiger partial charge in [0.2, 0.25) is 5.95 Å². The molecule has 1 saturated heterocycles. The van der Waals surface area contributed by atoms with Crippen LogP contribution in [0, 0.1) is 19.7 Å². The number of anilines is 3. The van der Waals surface area contributed by atoms with Crippen molar-refractivity contribution in [3.8, 4) is 0 Å². The third-order valence-corrected chi connectivity index (χ3v) is 7.09. The van der Waals surface area contributed by atoms with Gasteiger partial charge in [-0.2, -0.15) is 0 Å². The summed E-state index contributed by atoms with van der Waals surface area (Å²) in [5, 5.41) is 4.70. The van der Waals surface area contributed by atoms with Crippen molar-refractivity contribution in [3.63, 3.8) is 0 Å². The Bertz CT molecular complexity index is 1630. The monoisotopic (exact) mass is 570 g/mol. The van der Waals surface area contributed by atoms with Crippen molar-refractivity contribution in [3.05, 3.63) is 83.6 Å². The van der Waals surface area contributed by atoms with E-state index in [1.807, 2.05) is 58.9 Å². The average Bonchev–Trinajstić information content (AvgIpc) is 2.93. The molecule has 0 spiro atoms. The minimum Gasteiger partial charge on any atom is -0.444 e. The predicted molar refractivity (Wildman–Crippen MR) is 161 cm³/mol. The zero-order chi connectivity index (χ0) is 30.0.